The van der Waals surface area contributed by atoms with Crippen LogP contribution in [0.3, 0.4) is 0 Å². The third kappa shape index (κ3) is 4.83. The highest BCUT2D eigenvalue weighted by molar-refractivity contribution is 6.32. The van der Waals surface area contributed by atoms with Crippen LogP contribution in [0.25, 0.3) is 6.08 Å². The first-order valence-electron chi connectivity index (χ1n) is 9.66. The van der Waals surface area contributed by atoms with Crippen LogP contribution in [0, 0.1) is 11.7 Å². The molecule has 0 radical (unpaired) electrons. The predicted octanol–water partition coefficient (Wildman–Crippen LogP) is 5.07. The number of ether oxygens (including phenoxy) is 2. The Balaban J connectivity index is 1.87. The van der Waals surface area contributed by atoms with E-state index in [2.05, 4.69) is 18.9 Å². The molecule has 0 fully saturated rings. The average Bonchev–Trinajstić information content (AvgIpc) is 2.96. The number of hydrazone groups is 1. The second-order valence-corrected chi connectivity index (χ2v) is 7.18. The molecule has 2 aromatic carbocycles. The van der Waals surface area contributed by atoms with Crippen molar-refractivity contribution in [2.24, 2.45) is 11.0 Å². The van der Waals surface area contributed by atoms with Gasteiger partial charge in [-0.3, -0.25) is 4.79 Å². The van der Waals surface area contributed by atoms with Gasteiger partial charge in [-0.25, -0.2) is 4.39 Å². The minimum Gasteiger partial charge on any atom is -0.490 e. The van der Waals surface area contributed by atoms with E-state index >= 15 is 0 Å². The number of benzene rings is 2. The fraction of sp³-hybridized carbons (Fsp3) is 0.304. The summed E-state index contributed by atoms with van der Waals surface area (Å²) in [6.45, 7) is 8.96. The fourth-order valence-corrected chi connectivity index (χ4v) is 2.87. The molecule has 0 aromatic heterocycles. The highest BCUT2D eigenvalue weighted by Crippen LogP contribution is 2.31. The molecule has 0 spiro atoms. The van der Waals surface area contributed by atoms with Crippen LogP contribution < -0.4 is 14.5 Å². The van der Waals surface area contributed by atoms with Crippen LogP contribution in [0.4, 0.5) is 10.1 Å². The molecule has 1 heterocycles. The quantitative estimate of drug-likeness (QED) is 0.614. The van der Waals surface area contributed by atoms with Crippen LogP contribution in [-0.2, 0) is 4.79 Å². The summed E-state index contributed by atoms with van der Waals surface area (Å²) in [5.41, 5.74) is 2.40. The lowest BCUT2D eigenvalue weighted by Crippen LogP contribution is -2.21. The molecule has 3 rings (SSSR count). The average molecular weight is 396 g/mol. The van der Waals surface area contributed by atoms with Gasteiger partial charge >= 0.3 is 0 Å². The number of carbonyl (C=O) groups is 1. The number of hydrogen-bond acceptors (Lipinski definition) is 4. The van der Waals surface area contributed by atoms with E-state index in [9.17, 15) is 9.18 Å². The summed E-state index contributed by atoms with van der Waals surface area (Å²) in [6, 6.07) is 11.3. The molecule has 0 aliphatic carbocycles. The normalized spacial score (nSPS) is 15.2. The van der Waals surface area contributed by atoms with Gasteiger partial charge in [-0.2, -0.15) is 10.1 Å². The molecule has 1 aliphatic rings. The zero-order chi connectivity index (χ0) is 21.0. The van der Waals surface area contributed by atoms with Gasteiger partial charge in [0.25, 0.3) is 5.91 Å². The molecule has 0 saturated heterocycles. The third-order valence-electron chi connectivity index (χ3n) is 4.28. The van der Waals surface area contributed by atoms with Gasteiger partial charge in [0.15, 0.2) is 11.5 Å². The molecule has 0 unspecified atom stereocenters. The topological polar surface area (TPSA) is 51.1 Å². The summed E-state index contributed by atoms with van der Waals surface area (Å²) in [4.78, 5) is 12.9. The minimum atomic E-state index is -0.361. The first-order valence-corrected chi connectivity index (χ1v) is 9.66. The molecule has 0 N–H and O–H groups in total. The lowest BCUT2D eigenvalue weighted by molar-refractivity contribution is -0.114. The molecule has 2 aromatic rings. The van der Waals surface area contributed by atoms with Crippen molar-refractivity contribution in [2.45, 2.75) is 27.7 Å². The van der Waals surface area contributed by atoms with Crippen molar-refractivity contribution in [3.8, 4) is 11.5 Å². The number of rotatable bonds is 7. The van der Waals surface area contributed by atoms with Crippen molar-refractivity contribution in [3.63, 3.8) is 0 Å². The maximum atomic E-state index is 13.2. The van der Waals surface area contributed by atoms with Crippen molar-refractivity contribution in [1.29, 1.82) is 0 Å². The second-order valence-electron chi connectivity index (χ2n) is 7.18. The highest BCUT2D eigenvalue weighted by Gasteiger charge is 2.28. The number of hydrogen-bond donors (Lipinski definition) is 0. The summed E-state index contributed by atoms with van der Waals surface area (Å²) >= 11 is 0. The van der Waals surface area contributed by atoms with Gasteiger partial charge in [-0.05, 0) is 67.8 Å². The van der Waals surface area contributed by atoms with Crippen LogP contribution in [0.2, 0.25) is 0 Å². The highest BCUT2D eigenvalue weighted by atomic mass is 19.1. The molecular formula is C23H25FN2O3. The number of amides is 1. The fourth-order valence-electron chi connectivity index (χ4n) is 2.87. The van der Waals surface area contributed by atoms with Crippen LogP contribution >= 0.6 is 0 Å². The van der Waals surface area contributed by atoms with Gasteiger partial charge in [-0.1, -0.05) is 19.9 Å². The van der Waals surface area contributed by atoms with Crippen LogP contribution in [0.15, 0.2) is 53.1 Å². The molecule has 0 atom stereocenters. The maximum absolute atomic E-state index is 13.2. The van der Waals surface area contributed by atoms with E-state index < -0.39 is 0 Å². The summed E-state index contributed by atoms with van der Waals surface area (Å²) in [7, 11) is 0. The van der Waals surface area contributed by atoms with Crippen LogP contribution in [0.1, 0.15) is 33.3 Å². The van der Waals surface area contributed by atoms with Crippen LogP contribution in [0.5, 0.6) is 11.5 Å². The van der Waals surface area contributed by atoms with Gasteiger partial charge in [-0.15, -0.1) is 0 Å². The van der Waals surface area contributed by atoms with E-state index in [-0.39, 0.29) is 11.7 Å². The summed E-state index contributed by atoms with van der Waals surface area (Å²) in [5, 5.41) is 5.61. The Labute approximate surface area is 170 Å². The van der Waals surface area contributed by atoms with E-state index in [1.165, 1.54) is 29.3 Å². The predicted molar refractivity (Wildman–Crippen MR) is 113 cm³/mol. The number of anilines is 1. The van der Waals surface area contributed by atoms with Crippen molar-refractivity contribution >= 4 is 23.4 Å². The molecule has 29 heavy (non-hydrogen) atoms. The summed E-state index contributed by atoms with van der Waals surface area (Å²) in [6.07, 6.45) is 1.78. The first-order chi connectivity index (χ1) is 13.9. The van der Waals surface area contributed by atoms with Crippen molar-refractivity contribution in [3.05, 3.63) is 59.4 Å². The molecule has 5 nitrogen and oxygen atoms in total. The lowest BCUT2D eigenvalue weighted by Gasteiger charge is -2.14. The standard InChI is InChI=1S/C23H25FN2O3/c1-5-28-22-13-17(6-11-21(22)29-14-15(2)3)12-20-16(4)25-26(23(20)27)19-9-7-18(24)8-10-19/h6-13,15H,5,14H2,1-4H3. The molecule has 152 valence electrons. The minimum absolute atomic E-state index is 0.257. The Kier molecular flexibility index (Phi) is 6.32. The smallest absolute Gasteiger partial charge is 0.280 e. The molecule has 6 heteroatoms. The largest absolute Gasteiger partial charge is 0.490 e. The Bertz CT molecular complexity index is 949. The van der Waals surface area contributed by atoms with E-state index in [0.29, 0.717) is 47.6 Å². The second kappa shape index (κ2) is 8.90. The number of carbonyl (C=O) groups excluding carboxylic acids is 1. The summed E-state index contributed by atoms with van der Waals surface area (Å²) < 4.78 is 24.7. The first kappa shape index (κ1) is 20.6. The monoisotopic (exact) mass is 396 g/mol. The lowest BCUT2D eigenvalue weighted by atomic mass is 10.1. The van der Waals surface area contributed by atoms with E-state index in [1.54, 1.807) is 13.0 Å². The van der Waals surface area contributed by atoms with E-state index in [0.717, 1.165) is 5.56 Å². The van der Waals surface area contributed by atoms with Gasteiger partial charge < -0.3 is 9.47 Å². The van der Waals surface area contributed by atoms with Crippen LogP contribution in [-0.4, -0.2) is 24.8 Å². The van der Waals surface area contributed by atoms with E-state index in [1.807, 2.05) is 25.1 Å². The van der Waals surface area contributed by atoms with Gasteiger partial charge in [0.05, 0.1) is 30.2 Å². The van der Waals surface area contributed by atoms with Crippen molar-refractivity contribution in [2.75, 3.05) is 18.2 Å². The van der Waals surface area contributed by atoms with Gasteiger partial charge in [0.1, 0.15) is 5.82 Å². The maximum Gasteiger partial charge on any atom is 0.280 e. The molecule has 1 aliphatic heterocycles. The Hall–Kier alpha value is -3.15. The van der Waals surface area contributed by atoms with Crippen molar-refractivity contribution < 1.29 is 18.7 Å². The zero-order valence-corrected chi connectivity index (χ0v) is 17.1. The Morgan fingerprint density at radius 2 is 1.83 bits per heavy atom. The van der Waals surface area contributed by atoms with Gasteiger partial charge in [0.2, 0.25) is 0 Å². The number of nitrogens with zero attached hydrogens (tertiary/aromatic N) is 2. The Morgan fingerprint density at radius 1 is 1.10 bits per heavy atom. The zero-order valence-electron chi connectivity index (χ0n) is 17.1. The Morgan fingerprint density at radius 3 is 2.48 bits per heavy atom. The molecule has 0 saturated carbocycles. The summed E-state index contributed by atoms with van der Waals surface area (Å²) in [5.74, 6) is 1.10. The molecule has 0 bridgehead atoms. The SMILES string of the molecule is CCOc1cc(C=C2C(=O)N(c3ccc(F)cc3)N=C2C)ccc1OCC(C)C. The molecular weight excluding hydrogens is 371 g/mol. The van der Waals surface area contributed by atoms with E-state index in [4.69, 9.17) is 9.47 Å². The van der Waals surface area contributed by atoms with Crippen molar-refractivity contribution in [1.82, 2.24) is 0 Å². The third-order valence-corrected chi connectivity index (χ3v) is 4.28. The molecule has 1 amide bonds. The number of halogens is 1. The van der Waals surface area contributed by atoms with Gasteiger partial charge in [0, 0.05) is 0 Å².